The van der Waals surface area contributed by atoms with Crippen molar-refractivity contribution in [2.24, 2.45) is 7.05 Å². The minimum Gasteiger partial charge on any atom is -0.463 e. The third kappa shape index (κ3) is 2.06. The van der Waals surface area contributed by atoms with Crippen LogP contribution in [0.4, 0.5) is 5.95 Å². The van der Waals surface area contributed by atoms with Gasteiger partial charge in [0.25, 0.3) is 5.82 Å². The summed E-state index contributed by atoms with van der Waals surface area (Å²) in [5.74, 6) is -0.800. The van der Waals surface area contributed by atoms with Crippen LogP contribution in [0.1, 0.15) is 17.5 Å². The molecule has 0 saturated carbocycles. The minimum absolute atomic E-state index is 0.0845. The lowest BCUT2D eigenvalue weighted by molar-refractivity contribution is -0.114. The molecule has 0 aromatic carbocycles. The first kappa shape index (κ1) is 10.2. The lowest BCUT2D eigenvalue weighted by Gasteiger charge is -1.97. The summed E-state index contributed by atoms with van der Waals surface area (Å²) in [7, 11) is 2.79. The van der Waals surface area contributed by atoms with Crippen LogP contribution in [0, 0.1) is 0 Å². The van der Waals surface area contributed by atoms with Crippen LogP contribution in [0.5, 0.6) is 0 Å². The molecule has 7 heteroatoms. The fourth-order valence-corrected chi connectivity index (χ4v) is 0.829. The second kappa shape index (κ2) is 3.86. The van der Waals surface area contributed by atoms with Gasteiger partial charge in [0.05, 0.1) is 7.11 Å². The first-order chi connectivity index (χ1) is 6.54. The summed E-state index contributed by atoms with van der Waals surface area (Å²) in [4.78, 5) is 25.5. The van der Waals surface area contributed by atoms with Gasteiger partial charge < -0.3 is 4.74 Å². The molecule has 1 N–H and O–H groups in total. The van der Waals surface area contributed by atoms with Crippen LogP contribution < -0.4 is 5.32 Å². The normalized spacial score (nSPS) is 9.64. The first-order valence-electron chi connectivity index (χ1n) is 3.81. The number of rotatable bonds is 2. The molecule has 0 spiro atoms. The van der Waals surface area contributed by atoms with Gasteiger partial charge in [0, 0.05) is 14.0 Å². The number of ether oxygens (including phenoxy) is 1. The molecule has 1 aromatic rings. The maximum absolute atomic E-state index is 11.0. The summed E-state index contributed by atoms with van der Waals surface area (Å²) in [5.41, 5.74) is 0. The first-order valence-corrected chi connectivity index (χ1v) is 3.81. The highest BCUT2D eigenvalue weighted by molar-refractivity contribution is 5.88. The third-order valence-corrected chi connectivity index (χ3v) is 1.42. The largest absolute Gasteiger partial charge is 0.463 e. The number of nitrogens with zero attached hydrogens (tertiary/aromatic N) is 3. The topological polar surface area (TPSA) is 86.1 Å². The molecule has 1 rings (SSSR count). The number of aromatic nitrogens is 3. The summed E-state index contributed by atoms with van der Waals surface area (Å²) < 4.78 is 5.70. The molecule has 76 valence electrons. The van der Waals surface area contributed by atoms with Crippen LogP contribution in [0.25, 0.3) is 0 Å². The van der Waals surface area contributed by atoms with E-state index in [4.69, 9.17) is 0 Å². The zero-order valence-corrected chi connectivity index (χ0v) is 8.07. The number of nitrogens with one attached hydrogen (secondary N) is 1. The van der Waals surface area contributed by atoms with Crippen molar-refractivity contribution in [3.8, 4) is 0 Å². The van der Waals surface area contributed by atoms with Gasteiger partial charge in [-0.05, 0) is 0 Å². The molecular weight excluding hydrogens is 188 g/mol. The molecule has 0 atom stereocenters. The van der Waals surface area contributed by atoms with Gasteiger partial charge in [0.15, 0.2) is 0 Å². The van der Waals surface area contributed by atoms with Crippen molar-refractivity contribution in [2.45, 2.75) is 6.92 Å². The Labute approximate surface area is 80.1 Å². The van der Waals surface area contributed by atoms with Crippen molar-refractivity contribution < 1.29 is 14.3 Å². The van der Waals surface area contributed by atoms with Gasteiger partial charge in [-0.15, -0.1) is 5.10 Å². The molecule has 0 unspecified atom stereocenters. The predicted octanol–water partition coefficient (Wildman–Crippen LogP) is -0.440. The number of methoxy groups -OCH3 is 1. The Morgan fingerprint density at radius 2 is 2.14 bits per heavy atom. The second-order valence-corrected chi connectivity index (χ2v) is 2.56. The average molecular weight is 198 g/mol. The van der Waals surface area contributed by atoms with Gasteiger partial charge in [-0.25, -0.2) is 9.48 Å². The fourth-order valence-electron chi connectivity index (χ4n) is 0.829. The van der Waals surface area contributed by atoms with Gasteiger partial charge in [0.2, 0.25) is 11.9 Å². The van der Waals surface area contributed by atoms with Crippen molar-refractivity contribution in [1.82, 2.24) is 14.8 Å². The van der Waals surface area contributed by atoms with E-state index in [0.717, 1.165) is 0 Å². The Bertz CT molecular complexity index is 371. The molecule has 1 amide bonds. The molecule has 0 aliphatic heterocycles. The van der Waals surface area contributed by atoms with Crippen molar-refractivity contribution in [3.63, 3.8) is 0 Å². The van der Waals surface area contributed by atoms with E-state index in [1.54, 1.807) is 7.05 Å². The summed E-state index contributed by atoms with van der Waals surface area (Å²) in [6.45, 7) is 1.34. The third-order valence-electron chi connectivity index (χ3n) is 1.42. The van der Waals surface area contributed by atoms with E-state index < -0.39 is 5.97 Å². The van der Waals surface area contributed by atoms with E-state index in [0.29, 0.717) is 0 Å². The highest BCUT2D eigenvalue weighted by Crippen LogP contribution is 2.03. The molecule has 0 aliphatic rings. The van der Waals surface area contributed by atoms with Crippen LogP contribution in [0.15, 0.2) is 0 Å². The Morgan fingerprint density at radius 1 is 1.50 bits per heavy atom. The van der Waals surface area contributed by atoms with Crippen LogP contribution in [-0.2, 0) is 16.6 Å². The number of carbonyl (C=O) groups is 2. The standard InChI is InChI=1S/C7H10N4O3/c1-4(12)8-7-9-5(6(13)14-3)10-11(7)2/h1-3H3,(H,8,9,10,12). The number of anilines is 1. The number of hydrogen-bond acceptors (Lipinski definition) is 5. The lowest BCUT2D eigenvalue weighted by atomic mass is 10.6. The van der Waals surface area contributed by atoms with Crippen molar-refractivity contribution >= 4 is 17.8 Å². The molecule has 0 saturated heterocycles. The van der Waals surface area contributed by atoms with Crippen molar-refractivity contribution in [3.05, 3.63) is 5.82 Å². The van der Waals surface area contributed by atoms with Crippen LogP contribution in [0.3, 0.4) is 0 Å². The quantitative estimate of drug-likeness (QED) is 0.651. The fraction of sp³-hybridized carbons (Fsp3) is 0.429. The van der Waals surface area contributed by atoms with Crippen LogP contribution in [-0.4, -0.2) is 33.8 Å². The number of hydrogen-bond donors (Lipinski definition) is 1. The highest BCUT2D eigenvalue weighted by atomic mass is 16.5. The Hall–Kier alpha value is -1.92. The lowest BCUT2D eigenvalue weighted by Crippen LogP contribution is -2.10. The Morgan fingerprint density at radius 3 is 2.64 bits per heavy atom. The molecule has 0 aliphatic carbocycles. The summed E-state index contributed by atoms with van der Waals surface area (Å²) in [6, 6.07) is 0. The SMILES string of the molecule is COC(=O)c1nc(NC(C)=O)n(C)n1. The minimum atomic E-state index is -0.641. The molecule has 7 nitrogen and oxygen atoms in total. The van der Waals surface area contributed by atoms with Crippen molar-refractivity contribution in [2.75, 3.05) is 12.4 Å². The monoisotopic (exact) mass is 198 g/mol. The maximum Gasteiger partial charge on any atom is 0.378 e. The molecule has 0 bridgehead atoms. The summed E-state index contributed by atoms with van der Waals surface area (Å²) >= 11 is 0. The van der Waals surface area contributed by atoms with E-state index in [2.05, 4.69) is 20.1 Å². The van der Waals surface area contributed by atoms with Crippen molar-refractivity contribution in [1.29, 1.82) is 0 Å². The Balaban J connectivity index is 2.93. The number of carbonyl (C=O) groups excluding carboxylic acids is 2. The Kier molecular flexibility index (Phi) is 2.80. The summed E-state index contributed by atoms with van der Waals surface area (Å²) in [6.07, 6.45) is 0. The molecule has 1 aromatic heterocycles. The predicted molar refractivity (Wildman–Crippen MR) is 46.6 cm³/mol. The van der Waals surface area contributed by atoms with Crippen LogP contribution >= 0.6 is 0 Å². The van der Waals surface area contributed by atoms with Gasteiger partial charge in [-0.2, -0.15) is 4.98 Å². The average Bonchev–Trinajstić information content (AvgIpc) is 2.46. The van der Waals surface area contributed by atoms with Gasteiger partial charge in [-0.3, -0.25) is 10.1 Å². The van der Waals surface area contributed by atoms with Gasteiger partial charge in [-0.1, -0.05) is 0 Å². The molecule has 14 heavy (non-hydrogen) atoms. The number of amides is 1. The second-order valence-electron chi connectivity index (χ2n) is 2.56. The van der Waals surface area contributed by atoms with E-state index in [9.17, 15) is 9.59 Å². The van der Waals surface area contributed by atoms with E-state index in [1.165, 1.54) is 18.7 Å². The summed E-state index contributed by atoms with van der Waals surface area (Å²) in [5, 5.41) is 6.17. The zero-order chi connectivity index (χ0) is 10.7. The van der Waals surface area contributed by atoms with Crippen LogP contribution in [0.2, 0.25) is 0 Å². The molecule has 1 heterocycles. The van der Waals surface area contributed by atoms with E-state index in [-0.39, 0.29) is 17.7 Å². The maximum atomic E-state index is 11.0. The van der Waals surface area contributed by atoms with Gasteiger partial charge >= 0.3 is 5.97 Å². The van der Waals surface area contributed by atoms with E-state index in [1.807, 2.05) is 0 Å². The molecular formula is C7H10N4O3. The smallest absolute Gasteiger partial charge is 0.378 e. The van der Waals surface area contributed by atoms with Gasteiger partial charge in [0.1, 0.15) is 0 Å². The number of aryl methyl sites for hydroxylation is 1. The molecule has 0 fully saturated rings. The zero-order valence-electron chi connectivity index (χ0n) is 8.07. The highest BCUT2D eigenvalue weighted by Gasteiger charge is 2.15. The molecule has 0 radical (unpaired) electrons. The van der Waals surface area contributed by atoms with E-state index >= 15 is 0 Å². The number of esters is 1.